The van der Waals surface area contributed by atoms with Crippen molar-refractivity contribution in [2.45, 2.75) is 70.9 Å². The monoisotopic (exact) mass is 422 g/mol. The SMILES string of the molecule is Cc1cc(OC[C@@H](O)CN2C(=O)NC3(CCC(C)CC3)C2=O)c(C(C)C)cc1Cl. The van der Waals surface area contributed by atoms with Crippen molar-refractivity contribution < 1.29 is 19.4 Å². The highest BCUT2D eigenvalue weighted by molar-refractivity contribution is 6.31. The van der Waals surface area contributed by atoms with Crippen LogP contribution in [0.4, 0.5) is 4.79 Å². The number of halogens is 1. The molecule has 2 fully saturated rings. The third-order valence-electron chi connectivity index (χ3n) is 6.11. The van der Waals surface area contributed by atoms with E-state index in [4.69, 9.17) is 16.3 Å². The summed E-state index contributed by atoms with van der Waals surface area (Å²) in [6.07, 6.45) is 2.17. The Bertz CT molecular complexity index is 787. The Balaban J connectivity index is 1.63. The molecule has 1 saturated carbocycles. The highest BCUT2D eigenvalue weighted by Crippen LogP contribution is 2.36. The van der Waals surface area contributed by atoms with Gasteiger partial charge in [0.25, 0.3) is 5.91 Å². The Morgan fingerprint density at radius 1 is 1.31 bits per heavy atom. The number of hydrogen-bond acceptors (Lipinski definition) is 4. The van der Waals surface area contributed by atoms with E-state index in [2.05, 4.69) is 12.2 Å². The van der Waals surface area contributed by atoms with Crippen molar-refractivity contribution >= 4 is 23.5 Å². The van der Waals surface area contributed by atoms with Crippen LogP contribution in [0.3, 0.4) is 0 Å². The Kier molecular flexibility index (Phi) is 6.44. The van der Waals surface area contributed by atoms with Crippen LogP contribution in [0.5, 0.6) is 5.75 Å². The summed E-state index contributed by atoms with van der Waals surface area (Å²) in [6.45, 7) is 8.06. The van der Waals surface area contributed by atoms with Crippen molar-refractivity contribution in [3.05, 3.63) is 28.3 Å². The van der Waals surface area contributed by atoms with E-state index in [1.807, 2.05) is 32.9 Å². The molecule has 0 unspecified atom stereocenters. The molecule has 1 saturated heterocycles. The van der Waals surface area contributed by atoms with Gasteiger partial charge in [0, 0.05) is 5.02 Å². The fourth-order valence-electron chi connectivity index (χ4n) is 4.13. The van der Waals surface area contributed by atoms with Crippen LogP contribution in [0, 0.1) is 12.8 Å². The molecule has 0 aromatic heterocycles. The summed E-state index contributed by atoms with van der Waals surface area (Å²) in [5.74, 6) is 1.21. The number of nitrogens with zero attached hydrogens (tertiary/aromatic N) is 1. The highest BCUT2D eigenvalue weighted by Gasteiger charge is 2.52. The second-order valence-electron chi connectivity index (χ2n) is 8.87. The molecular formula is C22H31ClN2O4. The lowest BCUT2D eigenvalue weighted by molar-refractivity contribution is -0.133. The lowest BCUT2D eigenvalue weighted by Gasteiger charge is -2.33. The maximum Gasteiger partial charge on any atom is 0.325 e. The van der Waals surface area contributed by atoms with Crippen molar-refractivity contribution in [3.8, 4) is 5.75 Å². The Morgan fingerprint density at radius 3 is 2.59 bits per heavy atom. The van der Waals surface area contributed by atoms with Crippen molar-refractivity contribution in [1.82, 2.24) is 10.2 Å². The third kappa shape index (κ3) is 4.53. The predicted molar refractivity (Wildman–Crippen MR) is 112 cm³/mol. The highest BCUT2D eigenvalue weighted by atomic mass is 35.5. The Labute approximate surface area is 177 Å². The molecule has 1 aromatic carbocycles. The summed E-state index contributed by atoms with van der Waals surface area (Å²) in [4.78, 5) is 26.5. The molecule has 1 aliphatic carbocycles. The lowest BCUT2D eigenvalue weighted by atomic mass is 9.77. The minimum absolute atomic E-state index is 0.0120. The van der Waals surface area contributed by atoms with E-state index >= 15 is 0 Å². The number of urea groups is 1. The fraction of sp³-hybridized carbons (Fsp3) is 0.636. The molecule has 3 amide bonds. The quantitative estimate of drug-likeness (QED) is 0.679. The number of rotatable bonds is 6. The number of carbonyl (C=O) groups is 2. The second-order valence-corrected chi connectivity index (χ2v) is 9.28. The van der Waals surface area contributed by atoms with Crippen molar-refractivity contribution in [1.29, 1.82) is 0 Å². The Morgan fingerprint density at radius 2 is 1.97 bits per heavy atom. The van der Waals surface area contributed by atoms with Gasteiger partial charge in [-0.2, -0.15) is 0 Å². The maximum absolute atomic E-state index is 12.9. The number of amides is 3. The minimum atomic E-state index is -0.974. The van der Waals surface area contributed by atoms with Crippen molar-refractivity contribution in [3.63, 3.8) is 0 Å². The van der Waals surface area contributed by atoms with Crippen molar-refractivity contribution in [2.75, 3.05) is 13.2 Å². The van der Waals surface area contributed by atoms with E-state index in [1.165, 1.54) is 0 Å². The number of hydrogen-bond donors (Lipinski definition) is 2. The van der Waals surface area contributed by atoms with Gasteiger partial charge in [-0.05, 0) is 67.7 Å². The first kappa shape index (κ1) is 21.9. The standard InChI is InChI=1S/C22H31ClN2O4/c1-13(2)17-10-18(23)15(4)9-19(17)29-12-16(26)11-25-20(27)22(24-21(25)28)7-5-14(3)6-8-22/h9-10,13-14,16,26H,5-8,11-12H2,1-4H3,(H,24,28)/t14?,16-,22?/m0/s1. The normalized spacial score (nSPS) is 25.6. The summed E-state index contributed by atoms with van der Waals surface area (Å²) in [5.41, 5.74) is 1.06. The van der Waals surface area contributed by atoms with Crippen LogP contribution < -0.4 is 10.1 Å². The first-order valence-electron chi connectivity index (χ1n) is 10.4. The van der Waals surface area contributed by atoms with Crippen LogP contribution in [0.25, 0.3) is 0 Å². The summed E-state index contributed by atoms with van der Waals surface area (Å²) in [7, 11) is 0. The van der Waals surface area contributed by atoms with Gasteiger partial charge < -0.3 is 15.2 Å². The molecule has 1 aliphatic heterocycles. The number of ether oxygens (including phenoxy) is 1. The van der Waals surface area contributed by atoms with E-state index in [-0.39, 0.29) is 25.0 Å². The number of imide groups is 1. The van der Waals surface area contributed by atoms with E-state index in [0.29, 0.717) is 29.5 Å². The van der Waals surface area contributed by atoms with E-state index in [0.717, 1.165) is 28.9 Å². The van der Waals surface area contributed by atoms with Crippen molar-refractivity contribution in [2.24, 2.45) is 5.92 Å². The van der Waals surface area contributed by atoms with E-state index in [9.17, 15) is 14.7 Å². The number of aliphatic hydroxyl groups is 1. The molecule has 1 heterocycles. The zero-order valence-electron chi connectivity index (χ0n) is 17.6. The zero-order valence-corrected chi connectivity index (χ0v) is 18.4. The molecule has 0 bridgehead atoms. The smallest absolute Gasteiger partial charge is 0.325 e. The molecule has 1 spiro atoms. The summed E-state index contributed by atoms with van der Waals surface area (Å²) in [6, 6.07) is 3.32. The molecule has 3 rings (SSSR count). The number of benzene rings is 1. The predicted octanol–water partition coefficient (Wildman–Crippen LogP) is 4.01. The van der Waals surface area contributed by atoms with Gasteiger partial charge in [0.15, 0.2) is 0 Å². The van der Waals surface area contributed by atoms with E-state index in [1.54, 1.807) is 0 Å². The summed E-state index contributed by atoms with van der Waals surface area (Å²) in [5, 5.41) is 14.0. The molecule has 1 atom stereocenters. The largest absolute Gasteiger partial charge is 0.491 e. The molecule has 29 heavy (non-hydrogen) atoms. The van der Waals surface area contributed by atoms with Gasteiger partial charge in [-0.15, -0.1) is 0 Å². The molecule has 2 N–H and O–H groups in total. The van der Waals surface area contributed by atoms with Crippen LogP contribution in [0.1, 0.15) is 63.5 Å². The van der Waals surface area contributed by atoms with Gasteiger partial charge in [-0.1, -0.05) is 32.4 Å². The van der Waals surface area contributed by atoms with E-state index < -0.39 is 17.7 Å². The van der Waals surface area contributed by atoms with Gasteiger partial charge in [-0.3, -0.25) is 9.69 Å². The molecule has 6 nitrogen and oxygen atoms in total. The van der Waals surface area contributed by atoms with Crippen LogP contribution in [-0.2, 0) is 4.79 Å². The van der Waals surface area contributed by atoms with Gasteiger partial charge >= 0.3 is 6.03 Å². The number of nitrogens with one attached hydrogen (secondary N) is 1. The first-order chi connectivity index (χ1) is 13.6. The van der Waals surface area contributed by atoms with Crippen LogP contribution >= 0.6 is 11.6 Å². The lowest BCUT2D eigenvalue weighted by Crippen LogP contribution is -2.49. The second kappa shape index (κ2) is 8.52. The number of β-amino-alcohol motifs (C(OH)–C–C–N with tert-alkyl or cyclic N) is 1. The molecule has 2 aliphatic rings. The third-order valence-corrected chi connectivity index (χ3v) is 6.52. The fourth-order valence-corrected chi connectivity index (χ4v) is 4.30. The number of carbonyl (C=O) groups excluding carboxylic acids is 2. The van der Waals surface area contributed by atoms with Gasteiger partial charge in [-0.25, -0.2) is 4.79 Å². The molecule has 0 radical (unpaired) electrons. The van der Waals surface area contributed by atoms with Crippen LogP contribution in [0.2, 0.25) is 5.02 Å². The summed E-state index contributed by atoms with van der Waals surface area (Å²) >= 11 is 6.22. The van der Waals surface area contributed by atoms with Gasteiger partial charge in [0.05, 0.1) is 6.54 Å². The van der Waals surface area contributed by atoms with Crippen LogP contribution in [0.15, 0.2) is 12.1 Å². The van der Waals surface area contributed by atoms with Crippen LogP contribution in [-0.4, -0.2) is 46.7 Å². The minimum Gasteiger partial charge on any atom is -0.491 e. The molecule has 7 heteroatoms. The first-order valence-corrected chi connectivity index (χ1v) is 10.8. The molecule has 160 valence electrons. The maximum atomic E-state index is 12.9. The van der Waals surface area contributed by atoms with Gasteiger partial charge in [0.2, 0.25) is 0 Å². The zero-order chi connectivity index (χ0) is 21.3. The number of aliphatic hydroxyl groups excluding tert-OH is 1. The number of aryl methyl sites for hydroxylation is 1. The topological polar surface area (TPSA) is 78.9 Å². The van der Waals surface area contributed by atoms with Gasteiger partial charge in [0.1, 0.15) is 24.0 Å². The Hall–Kier alpha value is -1.79. The summed E-state index contributed by atoms with van der Waals surface area (Å²) < 4.78 is 5.85. The molecule has 1 aromatic rings. The molecular weight excluding hydrogens is 392 g/mol. The average molecular weight is 423 g/mol. The average Bonchev–Trinajstić information content (AvgIpc) is 2.89.